The highest BCUT2D eigenvalue weighted by molar-refractivity contribution is 5.32. The van der Waals surface area contributed by atoms with Crippen LogP contribution in [0.15, 0.2) is 48.7 Å². The average molecular weight is 135 g/mol. The number of hydrogen-bond acceptors (Lipinski definition) is 1. The minimum atomic E-state index is 0.899. The number of nitrogens with two attached hydrogens (primary N) is 1. The van der Waals surface area contributed by atoms with Crippen molar-refractivity contribution >= 4 is 0 Å². The maximum absolute atomic E-state index is 5.17. The van der Waals surface area contributed by atoms with E-state index >= 15 is 0 Å². The summed E-state index contributed by atoms with van der Waals surface area (Å²) in [5.74, 6) is 0. The fourth-order valence-electron chi connectivity index (χ4n) is 0.551. The second-order valence-corrected chi connectivity index (χ2v) is 2.03. The SMILES string of the molecule is C=CC(=C)/C=C(C)\C=C/N. The van der Waals surface area contributed by atoms with Crippen molar-refractivity contribution in [2.45, 2.75) is 6.92 Å². The summed E-state index contributed by atoms with van der Waals surface area (Å²) in [5, 5.41) is 0. The van der Waals surface area contributed by atoms with Gasteiger partial charge in [-0.1, -0.05) is 25.3 Å². The zero-order valence-electron chi connectivity index (χ0n) is 6.30. The Morgan fingerprint density at radius 3 is 2.50 bits per heavy atom. The van der Waals surface area contributed by atoms with E-state index in [9.17, 15) is 0 Å². The van der Waals surface area contributed by atoms with Gasteiger partial charge in [0, 0.05) is 0 Å². The van der Waals surface area contributed by atoms with E-state index in [4.69, 9.17) is 5.73 Å². The molecule has 0 aliphatic rings. The normalized spacial score (nSPS) is 11.9. The number of hydrogen-bond donors (Lipinski definition) is 1. The Morgan fingerprint density at radius 1 is 1.50 bits per heavy atom. The van der Waals surface area contributed by atoms with Crippen LogP contribution in [0.5, 0.6) is 0 Å². The van der Waals surface area contributed by atoms with Gasteiger partial charge in [0.05, 0.1) is 0 Å². The van der Waals surface area contributed by atoms with Crippen molar-refractivity contribution in [1.82, 2.24) is 0 Å². The molecule has 0 unspecified atom stereocenters. The Labute approximate surface area is 62.2 Å². The Morgan fingerprint density at radius 2 is 2.10 bits per heavy atom. The summed E-state index contributed by atoms with van der Waals surface area (Å²) < 4.78 is 0. The Balaban J connectivity index is 4.15. The number of allylic oxidation sites excluding steroid dienone is 5. The molecule has 0 saturated heterocycles. The van der Waals surface area contributed by atoms with Gasteiger partial charge in [0.25, 0.3) is 0 Å². The molecule has 0 atom stereocenters. The molecule has 54 valence electrons. The lowest BCUT2D eigenvalue weighted by atomic mass is 10.2. The van der Waals surface area contributed by atoms with E-state index in [-0.39, 0.29) is 0 Å². The Bertz CT molecular complexity index is 185. The van der Waals surface area contributed by atoms with Gasteiger partial charge in [-0.05, 0) is 30.3 Å². The predicted molar refractivity (Wildman–Crippen MR) is 46.4 cm³/mol. The molecule has 0 aromatic rings. The van der Waals surface area contributed by atoms with Crippen LogP contribution >= 0.6 is 0 Å². The first-order chi connectivity index (χ1) is 4.70. The minimum absolute atomic E-state index is 0.899. The summed E-state index contributed by atoms with van der Waals surface area (Å²) in [6, 6.07) is 0. The van der Waals surface area contributed by atoms with Crippen LogP contribution in [0.4, 0.5) is 0 Å². The smallest absolute Gasteiger partial charge is 0.00597 e. The van der Waals surface area contributed by atoms with Crippen LogP contribution in [0.1, 0.15) is 6.92 Å². The molecule has 0 rings (SSSR count). The van der Waals surface area contributed by atoms with E-state index in [0.717, 1.165) is 11.1 Å². The van der Waals surface area contributed by atoms with Crippen molar-refractivity contribution in [2.24, 2.45) is 5.73 Å². The lowest BCUT2D eigenvalue weighted by Gasteiger charge is -1.90. The third kappa shape index (κ3) is 3.72. The fraction of sp³-hybridized carbons (Fsp3) is 0.111. The van der Waals surface area contributed by atoms with Gasteiger partial charge in [-0.25, -0.2) is 0 Å². The van der Waals surface area contributed by atoms with Gasteiger partial charge in [-0.3, -0.25) is 0 Å². The first-order valence-corrected chi connectivity index (χ1v) is 3.08. The summed E-state index contributed by atoms with van der Waals surface area (Å²) in [7, 11) is 0. The highest BCUT2D eigenvalue weighted by Crippen LogP contribution is 2.00. The predicted octanol–water partition coefficient (Wildman–Crippen LogP) is 2.15. The van der Waals surface area contributed by atoms with Crippen molar-refractivity contribution in [3.63, 3.8) is 0 Å². The van der Waals surface area contributed by atoms with E-state index in [1.807, 2.05) is 19.1 Å². The van der Waals surface area contributed by atoms with Gasteiger partial charge >= 0.3 is 0 Å². The van der Waals surface area contributed by atoms with Crippen molar-refractivity contribution in [2.75, 3.05) is 0 Å². The Kier molecular flexibility index (Phi) is 4.05. The quantitative estimate of drug-likeness (QED) is 0.589. The van der Waals surface area contributed by atoms with Crippen molar-refractivity contribution in [3.8, 4) is 0 Å². The largest absolute Gasteiger partial charge is 0.405 e. The maximum Gasteiger partial charge on any atom is -0.00597 e. The third-order valence-electron chi connectivity index (χ3n) is 1.03. The van der Waals surface area contributed by atoms with Gasteiger partial charge in [0.15, 0.2) is 0 Å². The van der Waals surface area contributed by atoms with Crippen LogP contribution in [0.3, 0.4) is 0 Å². The molecule has 0 saturated carbocycles. The maximum atomic E-state index is 5.17. The lowest BCUT2D eigenvalue weighted by Crippen LogP contribution is -1.77. The van der Waals surface area contributed by atoms with E-state index < -0.39 is 0 Å². The van der Waals surface area contributed by atoms with Crippen LogP contribution in [0, 0.1) is 0 Å². The molecular formula is C9H13N. The first kappa shape index (κ1) is 8.76. The van der Waals surface area contributed by atoms with E-state index in [0.29, 0.717) is 0 Å². The van der Waals surface area contributed by atoms with Gasteiger partial charge in [0.1, 0.15) is 0 Å². The molecule has 0 fully saturated rings. The third-order valence-corrected chi connectivity index (χ3v) is 1.03. The van der Waals surface area contributed by atoms with Crippen LogP contribution in [0.25, 0.3) is 0 Å². The summed E-state index contributed by atoms with van der Waals surface area (Å²) in [5.41, 5.74) is 7.14. The molecule has 0 radical (unpaired) electrons. The van der Waals surface area contributed by atoms with E-state index in [1.165, 1.54) is 6.20 Å². The zero-order chi connectivity index (χ0) is 7.98. The highest BCUT2D eigenvalue weighted by Gasteiger charge is 1.81. The van der Waals surface area contributed by atoms with Crippen LogP contribution < -0.4 is 5.73 Å². The molecule has 0 spiro atoms. The van der Waals surface area contributed by atoms with Gasteiger partial charge in [-0.2, -0.15) is 0 Å². The molecule has 1 nitrogen and oxygen atoms in total. The van der Waals surface area contributed by atoms with E-state index in [2.05, 4.69) is 13.2 Å². The van der Waals surface area contributed by atoms with Gasteiger partial charge < -0.3 is 5.73 Å². The van der Waals surface area contributed by atoms with Gasteiger partial charge in [0.2, 0.25) is 0 Å². The summed E-state index contributed by atoms with van der Waals surface area (Å²) in [4.78, 5) is 0. The standard InChI is InChI=1S/C9H13N/c1-4-8(2)7-9(3)5-6-10/h4-7H,1-2,10H2,3H3/b6-5-,9-7-. The second kappa shape index (κ2) is 4.62. The topological polar surface area (TPSA) is 26.0 Å². The van der Waals surface area contributed by atoms with Crippen molar-refractivity contribution in [1.29, 1.82) is 0 Å². The molecule has 0 aromatic carbocycles. The van der Waals surface area contributed by atoms with E-state index in [1.54, 1.807) is 6.08 Å². The zero-order valence-corrected chi connectivity index (χ0v) is 6.30. The fourth-order valence-corrected chi connectivity index (χ4v) is 0.551. The molecule has 1 heteroatoms. The molecule has 2 N–H and O–H groups in total. The van der Waals surface area contributed by atoms with Crippen LogP contribution in [-0.4, -0.2) is 0 Å². The highest BCUT2D eigenvalue weighted by atomic mass is 14.5. The molecule has 0 aliphatic carbocycles. The summed E-state index contributed by atoms with van der Waals surface area (Å²) in [6.07, 6.45) is 6.93. The summed E-state index contributed by atoms with van der Waals surface area (Å²) >= 11 is 0. The van der Waals surface area contributed by atoms with Crippen LogP contribution in [-0.2, 0) is 0 Å². The molecule has 0 aromatic heterocycles. The van der Waals surface area contributed by atoms with Crippen LogP contribution in [0.2, 0.25) is 0 Å². The van der Waals surface area contributed by atoms with Crippen molar-refractivity contribution < 1.29 is 0 Å². The lowest BCUT2D eigenvalue weighted by molar-refractivity contribution is 1.46. The first-order valence-electron chi connectivity index (χ1n) is 3.08. The molecule has 0 bridgehead atoms. The van der Waals surface area contributed by atoms with Crippen molar-refractivity contribution in [3.05, 3.63) is 48.7 Å². The minimum Gasteiger partial charge on any atom is -0.405 e. The Hall–Kier alpha value is -1.24. The van der Waals surface area contributed by atoms with Gasteiger partial charge in [-0.15, -0.1) is 0 Å². The molecular weight excluding hydrogens is 122 g/mol. The molecule has 10 heavy (non-hydrogen) atoms. The number of rotatable bonds is 3. The molecule has 0 amide bonds. The second-order valence-electron chi connectivity index (χ2n) is 2.03. The average Bonchev–Trinajstić information content (AvgIpc) is 1.88. The molecule has 0 heterocycles. The summed E-state index contributed by atoms with van der Waals surface area (Å²) in [6.45, 7) is 9.26. The molecule has 0 aliphatic heterocycles. The monoisotopic (exact) mass is 135 g/mol.